The van der Waals surface area contributed by atoms with E-state index >= 15 is 0 Å². The van der Waals surface area contributed by atoms with E-state index in [-0.39, 0.29) is 36.2 Å². The smallest absolute Gasteiger partial charge is 0.251 e. The van der Waals surface area contributed by atoms with Gasteiger partial charge < -0.3 is 10.6 Å². The molecule has 188 valence electrons. The minimum absolute atomic E-state index is 0.0811. The normalized spacial score (nSPS) is 23.4. The second kappa shape index (κ2) is 11.3. The van der Waals surface area contributed by atoms with Crippen molar-refractivity contribution >= 4 is 21.8 Å². The minimum Gasteiger partial charge on any atom is -0.351 e. The molecule has 7 nitrogen and oxygen atoms in total. The Morgan fingerprint density at radius 2 is 1.54 bits per heavy atom. The number of benzene rings is 2. The first-order chi connectivity index (χ1) is 16.8. The zero-order valence-electron chi connectivity index (χ0n) is 19.7. The maximum atomic E-state index is 13.2. The SMILES string of the molecule is O=C(N[C@@H]1CCCC[C@H]1NC(=O)C1CCCN(S(=O)(=O)Cc2ccccc2)C1)c1ccc(F)cc1. The van der Waals surface area contributed by atoms with Crippen LogP contribution in [0.5, 0.6) is 0 Å². The molecule has 0 radical (unpaired) electrons. The molecule has 2 aromatic carbocycles. The summed E-state index contributed by atoms with van der Waals surface area (Å²) in [7, 11) is -3.53. The average Bonchev–Trinajstić information content (AvgIpc) is 2.86. The number of carbonyl (C=O) groups is 2. The summed E-state index contributed by atoms with van der Waals surface area (Å²) in [6.07, 6.45) is 4.61. The van der Waals surface area contributed by atoms with Gasteiger partial charge in [-0.05, 0) is 55.5 Å². The molecule has 1 unspecified atom stereocenters. The Hall–Kier alpha value is -2.78. The second-order valence-corrected chi connectivity index (χ2v) is 11.4. The number of sulfonamides is 1. The highest BCUT2D eigenvalue weighted by Crippen LogP contribution is 2.24. The Morgan fingerprint density at radius 3 is 2.23 bits per heavy atom. The third kappa shape index (κ3) is 6.67. The molecule has 0 aromatic heterocycles. The number of halogens is 1. The molecule has 1 saturated heterocycles. The van der Waals surface area contributed by atoms with Crippen molar-refractivity contribution in [2.75, 3.05) is 13.1 Å². The molecule has 4 rings (SSSR count). The molecule has 3 atom stereocenters. The van der Waals surface area contributed by atoms with Crippen molar-refractivity contribution in [1.82, 2.24) is 14.9 Å². The standard InChI is InChI=1S/C26H32FN3O4S/c27-22-14-12-20(13-15-22)25(31)28-23-10-4-5-11-24(23)29-26(32)21-9-6-16-30(17-21)35(33,34)18-19-7-2-1-3-8-19/h1-3,7-8,12-15,21,23-24H,4-6,9-11,16-18H2,(H,28,31)(H,29,32)/t21?,23-,24-/m1/s1. The summed E-state index contributed by atoms with van der Waals surface area (Å²) in [6.45, 7) is 0.582. The lowest BCUT2D eigenvalue weighted by Crippen LogP contribution is -2.55. The monoisotopic (exact) mass is 501 g/mol. The van der Waals surface area contributed by atoms with Crippen molar-refractivity contribution in [3.63, 3.8) is 0 Å². The zero-order chi connectivity index (χ0) is 24.8. The van der Waals surface area contributed by atoms with Crippen LogP contribution in [0, 0.1) is 11.7 Å². The Balaban J connectivity index is 1.36. The molecule has 0 bridgehead atoms. The van der Waals surface area contributed by atoms with E-state index in [0.717, 1.165) is 31.2 Å². The van der Waals surface area contributed by atoms with Crippen LogP contribution in [0.25, 0.3) is 0 Å². The maximum absolute atomic E-state index is 13.2. The highest BCUT2D eigenvalue weighted by atomic mass is 32.2. The lowest BCUT2D eigenvalue weighted by atomic mass is 9.89. The molecule has 2 fully saturated rings. The highest BCUT2D eigenvalue weighted by Gasteiger charge is 2.35. The quantitative estimate of drug-likeness (QED) is 0.609. The third-order valence-corrected chi connectivity index (χ3v) is 8.67. The van der Waals surface area contributed by atoms with Gasteiger partial charge in [-0.3, -0.25) is 9.59 Å². The summed E-state index contributed by atoms with van der Waals surface area (Å²) in [5, 5.41) is 6.08. The fourth-order valence-corrected chi connectivity index (χ4v) is 6.53. The van der Waals surface area contributed by atoms with Gasteiger partial charge in [0, 0.05) is 30.7 Å². The van der Waals surface area contributed by atoms with Gasteiger partial charge in [0.25, 0.3) is 5.91 Å². The topological polar surface area (TPSA) is 95.6 Å². The van der Waals surface area contributed by atoms with E-state index in [2.05, 4.69) is 10.6 Å². The van der Waals surface area contributed by atoms with Crippen LogP contribution in [0.1, 0.15) is 54.4 Å². The van der Waals surface area contributed by atoms with Gasteiger partial charge in [-0.2, -0.15) is 0 Å². The van der Waals surface area contributed by atoms with Crippen molar-refractivity contribution in [2.45, 2.75) is 56.4 Å². The molecule has 2 amide bonds. The van der Waals surface area contributed by atoms with Crippen molar-refractivity contribution in [3.05, 3.63) is 71.5 Å². The molecule has 2 aliphatic rings. The van der Waals surface area contributed by atoms with Gasteiger partial charge in [-0.15, -0.1) is 0 Å². The van der Waals surface area contributed by atoms with Crippen LogP contribution >= 0.6 is 0 Å². The van der Waals surface area contributed by atoms with Crippen molar-refractivity contribution in [1.29, 1.82) is 0 Å². The lowest BCUT2D eigenvalue weighted by molar-refractivity contribution is -0.127. The summed E-state index contributed by atoms with van der Waals surface area (Å²) < 4.78 is 40.5. The number of rotatable bonds is 7. The minimum atomic E-state index is -3.53. The summed E-state index contributed by atoms with van der Waals surface area (Å²) in [5.74, 6) is -1.38. The van der Waals surface area contributed by atoms with Crippen LogP contribution in [0.2, 0.25) is 0 Å². The first-order valence-electron chi connectivity index (χ1n) is 12.2. The molecular formula is C26H32FN3O4S. The van der Waals surface area contributed by atoms with Crippen LogP contribution in [0.15, 0.2) is 54.6 Å². The fraction of sp³-hybridized carbons (Fsp3) is 0.462. The van der Waals surface area contributed by atoms with Crippen LogP contribution in [0.3, 0.4) is 0 Å². The molecular weight excluding hydrogens is 469 g/mol. The van der Waals surface area contributed by atoms with E-state index < -0.39 is 21.8 Å². The molecule has 2 N–H and O–H groups in total. The first-order valence-corrected chi connectivity index (χ1v) is 13.8. The Bertz CT molecular complexity index is 1130. The van der Waals surface area contributed by atoms with E-state index in [9.17, 15) is 22.4 Å². The zero-order valence-corrected chi connectivity index (χ0v) is 20.5. The van der Waals surface area contributed by atoms with E-state index in [1.54, 1.807) is 12.1 Å². The van der Waals surface area contributed by atoms with Crippen LogP contribution in [-0.4, -0.2) is 49.7 Å². The largest absolute Gasteiger partial charge is 0.351 e. The van der Waals surface area contributed by atoms with E-state index in [1.807, 2.05) is 18.2 Å². The molecule has 2 aromatic rings. The molecule has 1 aliphatic carbocycles. The second-order valence-electron chi connectivity index (χ2n) is 9.43. The molecule has 1 aliphatic heterocycles. The van der Waals surface area contributed by atoms with Crippen LogP contribution in [0.4, 0.5) is 4.39 Å². The average molecular weight is 502 g/mol. The summed E-state index contributed by atoms with van der Waals surface area (Å²) in [5.41, 5.74) is 1.09. The van der Waals surface area contributed by atoms with Crippen LogP contribution in [-0.2, 0) is 20.6 Å². The number of nitrogens with zero attached hydrogens (tertiary/aromatic N) is 1. The number of piperidine rings is 1. The third-order valence-electron chi connectivity index (χ3n) is 6.86. The number of hydrogen-bond acceptors (Lipinski definition) is 4. The molecule has 1 heterocycles. The number of hydrogen-bond donors (Lipinski definition) is 2. The highest BCUT2D eigenvalue weighted by molar-refractivity contribution is 7.88. The Labute approximate surface area is 206 Å². The molecule has 1 saturated carbocycles. The van der Waals surface area contributed by atoms with Gasteiger partial charge in [-0.25, -0.2) is 17.1 Å². The van der Waals surface area contributed by atoms with E-state index in [0.29, 0.717) is 24.9 Å². The summed E-state index contributed by atoms with van der Waals surface area (Å²) >= 11 is 0. The number of carbonyl (C=O) groups excluding carboxylic acids is 2. The van der Waals surface area contributed by atoms with Crippen molar-refractivity contribution in [3.8, 4) is 0 Å². The van der Waals surface area contributed by atoms with Crippen molar-refractivity contribution < 1.29 is 22.4 Å². The predicted molar refractivity (Wildman–Crippen MR) is 131 cm³/mol. The van der Waals surface area contributed by atoms with Gasteiger partial charge >= 0.3 is 0 Å². The summed E-state index contributed by atoms with van der Waals surface area (Å²) in [6, 6.07) is 14.0. The van der Waals surface area contributed by atoms with Gasteiger partial charge in [0.15, 0.2) is 0 Å². The van der Waals surface area contributed by atoms with Gasteiger partial charge in [0.1, 0.15) is 5.82 Å². The Morgan fingerprint density at radius 1 is 0.886 bits per heavy atom. The van der Waals surface area contributed by atoms with Gasteiger partial charge in [0.2, 0.25) is 15.9 Å². The van der Waals surface area contributed by atoms with E-state index in [4.69, 9.17) is 0 Å². The fourth-order valence-electron chi connectivity index (χ4n) is 4.92. The lowest BCUT2D eigenvalue weighted by Gasteiger charge is -2.36. The maximum Gasteiger partial charge on any atom is 0.251 e. The van der Waals surface area contributed by atoms with Gasteiger partial charge in [-0.1, -0.05) is 43.2 Å². The summed E-state index contributed by atoms with van der Waals surface area (Å²) in [4.78, 5) is 25.8. The first kappa shape index (κ1) is 25.3. The molecule has 35 heavy (non-hydrogen) atoms. The van der Waals surface area contributed by atoms with Gasteiger partial charge in [0.05, 0.1) is 11.7 Å². The van der Waals surface area contributed by atoms with E-state index in [1.165, 1.54) is 28.6 Å². The predicted octanol–water partition coefficient (Wildman–Crippen LogP) is 3.22. The molecule has 9 heteroatoms. The molecule has 0 spiro atoms. The van der Waals surface area contributed by atoms with Crippen molar-refractivity contribution in [2.24, 2.45) is 5.92 Å². The number of amides is 2. The van der Waals surface area contributed by atoms with Crippen LogP contribution < -0.4 is 10.6 Å². The Kier molecular flexibility index (Phi) is 8.18. The number of nitrogens with one attached hydrogen (secondary N) is 2.